The van der Waals surface area contributed by atoms with Crippen molar-refractivity contribution < 1.29 is 9.59 Å². The van der Waals surface area contributed by atoms with E-state index < -0.39 is 8.07 Å². The summed E-state index contributed by atoms with van der Waals surface area (Å²) >= 11 is 0. The van der Waals surface area contributed by atoms with Gasteiger partial charge in [-0.25, -0.2) is 0 Å². The molecule has 0 amide bonds. The first-order valence-corrected chi connectivity index (χ1v) is 15.6. The van der Waals surface area contributed by atoms with Crippen molar-refractivity contribution in [2.75, 3.05) is 0 Å². The van der Waals surface area contributed by atoms with Gasteiger partial charge >= 0.3 is 0 Å². The van der Waals surface area contributed by atoms with Gasteiger partial charge in [-0.2, -0.15) is 0 Å². The van der Waals surface area contributed by atoms with Gasteiger partial charge in [0.25, 0.3) is 0 Å². The van der Waals surface area contributed by atoms with Gasteiger partial charge in [0.05, 0.1) is 0 Å². The molecule has 0 atom stereocenters. The van der Waals surface area contributed by atoms with E-state index in [1.165, 1.54) is 116 Å². The van der Waals surface area contributed by atoms with Crippen LogP contribution in [0.2, 0.25) is 0 Å². The lowest BCUT2D eigenvalue weighted by atomic mass is 10.1. The maximum Gasteiger partial charge on any atom is 0.176 e. The first-order valence-electron chi connectivity index (χ1n) is 14.2. The van der Waals surface area contributed by atoms with E-state index in [1.807, 2.05) is 0 Å². The number of rotatable bonds is 26. The molecule has 0 aliphatic heterocycles. The van der Waals surface area contributed by atoms with E-state index in [2.05, 4.69) is 13.8 Å². The van der Waals surface area contributed by atoms with Crippen LogP contribution < -0.4 is 5.50 Å². The van der Waals surface area contributed by atoms with Crippen molar-refractivity contribution in [3.05, 3.63) is 0 Å². The molecule has 0 aromatic carbocycles. The molecule has 0 radical (unpaired) electrons. The van der Waals surface area contributed by atoms with E-state index in [0.29, 0.717) is 12.8 Å². The van der Waals surface area contributed by atoms with E-state index in [9.17, 15) is 9.59 Å². The molecular weight excluding hydrogens is 413 g/mol. The summed E-state index contributed by atoms with van der Waals surface area (Å²) in [5, 5.41) is 0. The molecule has 0 aromatic rings. The van der Waals surface area contributed by atoms with Gasteiger partial charge in [0.1, 0.15) is 8.07 Å². The van der Waals surface area contributed by atoms with Crippen molar-refractivity contribution >= 4 is 19.1 Å². The summed E-state index contributed by atoms with van der Waals surface area (Å²) in [6.07, 6.45) is 29.0. The predicted octanol–water partition coefficient (Wildman–Crippen LogP) is 9.80. The van der Waals surface area contributed by atoms with Crippen LogP contribution in [-0.4, -0.2) is 11.0 Å². The number of carbonyl (C=O) groups is 2. The Balaban J connectivity index is 3.48. The zero-order valence-corrected chi connectivity index (χ0v) is 22.7. The Morgan fingerprint density at radius 3 is 0.906 bits per heavy atom. The second-order valence-electron chi connectivity index (χ2n) is 9.73. The highest BCUT2D eigenvalue weighted by molar-refractivity contribution is 7.87. The molecule has 190 valence electrons. The minimum Gasteiger partial charge on any atom is -0.298 e. The minimum absolute atomic E-state index is 0.0176. The van der Waals surface area contributed by atoms with Crippen molar-refractivity contribution in [2.45, 2.75) is 168 Å². The van der Waals surface area contributed by atoms with Crippen LogP contribution in [0.3, 0.4) is 0 Å². The Morgan fingerprint density at radius 2 is 0.656 bits per heavy atom. The third-order valence-electron chi connectivity index (χ3n) is 6.53. The molecular formula is C28H56NO2P. The number of hydrogen-bond acceptors (Lipinski definition) is 3. The van der Waals surface area contributed by atoms with Gasteiger partial charge in [-0.3, -0.25) is 15.1 Å². The average Bonchev–Trinajstić information content (AvgIpc) is 2.80. The molecule has 0 aliphatic carbocycles. The van der Waals surface area contributed by atoms with Crippen LogP contribution in [0.4, 0.5) is 0 Å². The largest absolute Gasteiger partial charge is 0.298 e. The van der Waals surface area contributed by atoms with E-state index >= 15 is 0 Å². The second-order valence-corrected chi connectivity index (χ2v) is 11.5. The average molecular weight is 470 g/mol. The second kappa shape index (κ2) is 25.4. The molecule has 4 heteroatoms. The molecule has 0 bridgehead atoms. The Bertz CT molecular complexity index is 390. The van der Waals surface area contributed by atoms with Crippen molar-refractivity contribution in [2.24, 2.45) is 5.50 Å². The van der Waals surface area contributed by atoms with Crippen LogP contribution in [-0.2, 0) is 9.59 Å². The molecule has 0 saturated carbocycles. The Kier molecular flexibility index (Phi) is 25.1. The molecule has 0 heterocycles. The minimum atomic E-state index is -1.56. The molecule has 0 fully saturated rings. The van der Waals surface area contributed by atoms with Crippen LogP contribution >= 0.6 is 8.07 Å². The van der Waals surface area contributed by atoms with Gasteiger partial charge < -0.3 is 0 Å². The number of carbonyl (C=O) groups excluding carboxylic acids is 2. The zero-order valence-electron chi connectivity index (χ0n) is 21.8. The molecule has 0 unspecified atom stereocenters. The Morgan fingerprint density at radius 1 is 0.438 bits per heavy atom. The van der Waals surface area contributed by atoms with Crippen molar-refractivity contribution in [3.63, 3.8) is 0 Å². The molecule has 0 spiro atoms. The van der Waals surface area contributed by atoms with Gasteiger partial charge in [0, 0.05) is 12.8 Å². The molecule has 32 heavy (non-hydrogen) atoms. The zero-order chi connectivity index (χ0) is 23.7. The standard InChI is InChI=1S/C28H56NO2P/c1-3-5-7-9-11-13-15-17-19-21-23-25-27(30)32(29)28(31)26-24-22-20-18-16-14-12-10-8-6-4-2/h3-26,29H2,1-2H3. The summed E-state index contributed by atoms with van der Waals surface area (Å²) in [5.74, 6) is 0. The van der Waals surface area contributed by atoms with Gasteiger partial charge in [-0.15, -0.1) is 0 Å². The lowest BCUT2D eigenvalue weighted by Gasteiger charge is -2.09. The van der Waals surface area contributed by atoms with Crippen LogP contribution in [0, 0.1) is 0 Å². The predicted molar refractivity (Wildman–Crippen MR) is 143 cm³/mol. The van der Waals surface area contributed by atoms with Crippen LogP contribution in [0.5, 0.6) is 0 Å². The van der Waals surface area contributed by atoms with Gasteiger partial charge in [-0.05, 0) is 12.8 Å². The first kappa shape index (κ1) is 31.7. The Labute approximate surface area is 202 Å². The third kappa shape index (κ3) is 21.6. The van der Waals surface area contributed by atoms with Crippen molar-refractivity contribution in [1.29, 1.82) is 0 Å². The van der Waals surface area contributed by atoms with E-state index in [4.69, 9.17) is 5.50 Å². The quantitative estimate of drug-likeness (QED) is 0.101. The fourth-order valence-corrected chi connectivity index (χ4v) is 5.34. The fraction of sp³-hybridized carbons (Fsp3) is 0.929. The number of hydrogen-bond donors (Lipinski definition) is 1. The summed E-state index contributed by atoms with van der Waals surface area (Å²) in [6, 6.07) is 0. The van der Waals surface area contributed by atoms with E-state index in [1.54, 1.807) is 0 Å². The summed E-state index contributed by atoms with van der Waals surface area (Å²) < 4.78 is 0. The highest BCUT2D eigenvalue weighted by atomic mass is 31.1. The first-order chi connectivity index (χ1) is 15.6. The molecule has 0 aliphatic rings. The maximum atomic E-state index is 12.2. The topological polar surface area (TPSA) is 60.2 Å². The summed E-state index contributed by atoms with van der Waals surface area (Å²) in [5.41, 5.74) is 6.02. The monoisotopic (exact) mass is 469 g/mol. The lowest BCUT2D eigenvalue weighted by molar-refractivity contribution is -0.114. The van der Waals surface area contributed by atoms with Gasteiger partial charge in [-0.1, -0.05) is 142 Å². The molecule has 0 saturated heterocycles. The van der Waals surface area contributed by atoms with Gasteiger partial charge in [0.2, 0.25) is 0 Å². The lowest BCUT2D eigenvalue weighted by Crippen LogP contribution is -2.11. The highest BCUT2D eigenvalue weighted by Gasteiger charge is 2.20. The number of nitrogens with two attached hydrogens (primary N) is 1. The van der Waals surface area contributed by atoms with Crippen LogP contribution in [0.15, 0.2) is 0 Å². The fourth-order valence-electron chi connectivity index (χ4n) is 4.26. The molecule has 3 nitrogen and oxygen atoms in total. The highest BCUT2D eigenvalue weighted by Crippen LogP contribution is 2.33. The van der Waals surface area contributed by atoms with E-state index in [-0.39, 0.29) is 11.0 Å². The summed E-state index contributed by atoms with van der Waals surface area (Å²) in [4.78, 5) is 24.5. The molecule has 0 rings (SSSR count). The van der Waals surface area contributed by atoms with Crippen molar-refractivity contribution in [1.82, 2.24) is 0 Å². The molecule has 0 aromatic heterocycles. The Hall–Kier alpha value is -0.270. The van der Waals surface area contributed by atoms with E-state index in [0.717, 1.165) is 25.7 Å². The maximum absolute atomic E-state index is 12.2. The SMILES string of the molecule is CCCCCCCCCCCCCC(=O)P(N)C(=O)CCCCCCCCCCCCC. The van der Waals surface area contributed by atoms with Crippen LogP contribution in [0.25, 0.3) is 0 Å². The normalized spacial score (nSPS) is 11.4. The smallest absolute Gasteiger partial charge is 0.176 e. The number of unbranched alkanes of at least 4 members (excludes halogenated alkanes) is 20. The third-order valence-corrected chi connectivity index (χ3v) is 8.05. The van der Waals surface area contributed by atoms with Gasteiger partial charge in [0.15, 0.2) is 11.0 Å². The van der Waals surface area contributed by atoms with Crippen molar-refractivity contribution in [3.8, 4) is 0 Å². The summed E-state index contributed by atoms with van der Waals surface area (Å²) in [6.45, 7) is 4.52. The van der Waals surface area contributed by atoms with Crippen LogP contribution in [0.1, 0.15) is 168 Å². The molecule has 2 N–H and O–H groups in total. The summed E-state index contributed by atoms with van der Waals surface area (Å²) in [7, 11) is -1.56.